The Morgan fingerprint density at radius 1 is 1.61 bits per heavy atom. The number of aliphatic hydroxyl groups excluding tert-OH is 1. The molecule has 1 rings (SSSR count). The molecule has 18 heavy (non-hydrogen) atoms. The summed E-state index contributed by atoms with van der Waals surface area (Å²) in [6.07, 6.45) is 1.54. The minimum Gasteiger partial charge on any atom is -0.384 e. The minimum absolute atomic E-state index is 0.208. The number of pyridine rings is 1. The molecular weight excluding hydrogens is 232 g/mol. The van der Waals surface area contributed by atoms with Crippen LogP contribution < -0.4 is 5.32 Å². The van der Waals surface area contributed by atoms with Crippen LogP contribution in [0.2, 0.25) is 0 Å². The smallest absolute Gasteiger partial charge is 0.257 e. The quantitative estimate of drug-likeness (QED) is 0.776. The Hall–Kier alpha value is -1.90. The molecule has 0 aliphatic heterocycles. The number of aromatic nitrogens is 1. The van der Waals surface area contributed by atoms with Crippen LogP contribution in [0.1, 0.15) is 19.4 Å². The van der Waals surface area contributed by atoms with Crippen LogP contribution in [-0.4, -0.2) is 35.3 Å². The summed E-state index contributed by atoms with van der Waals surface area (Å²) in [5, 5.41) is 11.2. The number of carbonyl (C=O) groups excluding carboxylic acids is 1. The molecule has 1 aromatic rings. The number of anilines is 1. The van der Waals surface area contributed by atoms with Gasteiger partial charge < -0.3 is 15.2 Å². The van der Waals surface area contributed by atoms with Gasteiger partial charge in [-0.2, -0.15) is 0 Å². The molecule has 0 bridgehead atoms. The van der Waals surface area contributed by atoms with E-state index in [2.05, 4.69) is 22.1 Å². The lowest BCUT2D eigenvalue weighted by atomic mass is 10.1. The third kappa shape index (κ3) is 3.84. The van der Waals surface area contributed by atoms with Crippen LogP contribution in [0.5, 0.6) is 0 Å². The van der Waals surface area contributed by atoms with Gasteiger partial charge in [-0.15, -0.1) is 0 Å². The van der Waals surface area contributed by atoms with Crippen molar-refractivity contribution in [1.29, 1.82) is 0 Å². The maximum atomic E-state index is 11.8. The Morgan fingerprint density at radius 3 is 2.94 bits per heavy atom. The van der Waals surface area contributed by atoms with Gasteiger partial charge >= 0.3 is 0 Å². The summed E-state index contributed by atoms with van der Waals surface area (Å²) in [6.45, 7) is 3.12. The molecule has 5 heteroatoms. The highest BCUT2D eigenvalue weighted by Gasteiger charge is 2.27. The Balaban J connectivity index is 2.83. The van der Waals surface area contributed by atoms with Crippen LogP contribution in [0.25, 0.3) is 0 Å². The zero-order valence-electron chi connectivity index (χ0n) is 10.7. The fourth-order valence-corrected chi connectivity index (χ4v) is 1.08. The third-order valence-corrected chi connectivity index (χ3v) is 2.37. The number of carbonyl (C=O) groups is 1. The fraction of sp³-hybridized carbons (Fsp3) is 0.385. The van der Waals surface area contributed by atoms with E-state index in [9.17, 15) is 4.79 Å². The van der Waals surface area contributed by atoms with Gasteiger partial charge in [-0.05, 0) is 26.0 Å². The predicted molar refractivity (Wildman–Crippen MR) is 67.9 cm³/mol. The number of methoxy groups -OCH3 is 1. The van der Waals surface area contributed by atoms with Crippen molar-refractivity contribution < 1.29 is 14.6 Å². The van der Waals surface area contributed by atoms with E-state index in [1.807, 2.05) is 0 Å². The van der Waals surface area contributed by atoms with Crippen LogP contribution >= 0.6 is 0 Å². The number of hydrogen-bond donors (Lipinski definition) is 2. The highest BCUT2D eigenvalue weighted by atomic mass is 16.5. The van der Waals surface area contributed by atoms with Gasteiger partial charge in [0.2, 0.25) is 0 Å². The molecule has 0 radical (unpaired) electrons. The van der Waals surface area contributed by atoms with Gasteiger partial charge in [-0.3, -0.25) is 4.79 Å². The highest BCUT2D eigenvalue weighted by Crippen LogP contribution is 2.12. The van der Waals surface area contributed by atoms with E-state index in [1.54, 1.807) is 26.0 Å². The Kier molecular flexibility index (Phi) is 4.84. The van der Waals surface area contributed by atoms with E-state index in [4.69, 9.17) is 9.84 Å². The van der Waals surface area contributed by atoms with Crippen molar-refractivity contribution in [3.05, 3.63) is 23.9 Å². The average Bonchev–Trinajstić information content (AvgIpc) is 2.36. The first-order chi connectivity index (χ1) is 8.49. The van der Waals surface area contributed by atoms with Crippen molar-refractivity contribution in [2.75, 3.05) is 19.0 Å². The summed E-state index contributed by atoms with van der Waals surface area (Å²) in [6, 6.07) is 3.33. The summed E-state index contributed by atoms with van der Waals surface area (Å²) in [5.74, 6) is 5.38. The van der Waals surface area contributed by atoms with E-state index in [-0.39, 0.29) is 12.5 Å². The molecule has 0 spiro atoms. The number of rotatable bonds is 3. The molecular formula is C13H16N2O3. The molecule has 0 unspecified atom stereocenters. The molecule has 96 valence electrons. The van der Waals surface area contributed by atoms with Crippen LogP contribution in [0.3, 0.4) is 0 Å². The van der Waals surface area contributed by atoms with Crippen molar-refractivity contribution in [1.82, 2.24) is 4.98 Å². The van der Waals surface area contributed by atoms with Gasteiger partial charge in [0.05, 0.1) is 0 Å². The van der Waals surface area contributed by atoms with Crippen LogP contribution in [0.4, 0.5) is 5.82 Å². The van der Waals surface area contributed by atoms with Crippen LogP contribution in [0.15, 0.2) is 18.3 Å². The predicted octanol–water partition coefficient (Wildman–Crippen LogP) is 0.789. The molecule has 0 aliphatic carbocycles. The topological polar surface area (TPSA) is 71.5 Å². The van der Waals surface area contributed by atoms with Gasteiger partial charge in [0, 0.05) is 18.9 Å². The van der Waals surface area contributed by atoms with E-state index in [0.29, 0.717) is 11.4 Å². The van der Waals surface area contributed by atoms with Gasteiger partial charge in [0.1, 0.15) is 18.0 Å². The van der Waals surface area contributed by atoms with E-state index < -0.39 is 5.60 Å². The largest absolute Gasteiger partial charge is 0.384 e. The molecule has 0 saturated heterocycles. The van der Waals surface area contributed by atoms with Gasteiger partial charge in [0.25, 0.3) is 5.91 Å². The molecule has 1 aromatic heterocycles. The van der Waals surface area contributed by atoms with Gasteiger partial charge in [0.15, 0.2) is 0 Å². The standard InChI is InChI=1S/C13H16N2O3/c1-13(2,18-3)12(17)15-11-9-10(5-4-8-16)6-7-14-11/h6-7,9,16H,8H2,1-3H3,(H,14,15,17). The zero-order chi connectivity index (χ0) is 13.6. The summed E-state index contributed by atoms with van der Waals surface area (Å²) < 4.78 is 5.07. The number of ether oxygens (including phenoxy) is 1. The summed E-state index contributed by atoms with van der Waals surface area (Å²) in [4.78, 5) is 15.9. The summed E-state index contributed by atoms with van der Waals surface area (Å²) >= 11 is 0. The number of nitrogens with zero attached hydrogens (tertiary/aromatic N) is 1. The average molecular weight is 248 g/mol. The number of aliphatic hydroxyl groups is 1. The second-order valence-corrected chi connectivity index (χ2v) is 4.06. The molecule has 1 heterocycles. The summed E-state index contributed by atoms with van der Waals surface area (Å²) in [7, 11) is 1.47. The molecule has 2 N–H and O–H groups in total. The van der Waals surface area contributed by atoms with Crippen molar-refractivity contribution >= 4 is 11.7 Å². The number of amides is 1. The first kappa shape index (κ1) is 14.2. The first-order valence-corrected chi connectivity index (χ1v) is 5.42. The monoisotopic (exact) mass is 248 g/mol. The molecule has 1 amide bonds. The lowest BCUT2D eigenvalue weighted by Gasteiger charge is -2.21. The normalized spacial score (nSPS) is 10.4. The Bertz CT molecular complexity index is 486. The van der Waals surface area contributed by atoms with E-state index in [1.165, 1.54) is 13.3 Å². The Labute approximate surface area is 106 Å². The molecule has 0 saturated carbocycles. The molecule has 5 nitrogen and oxygen atoms in total. The van der Waals surface area contributed by atoms with E-state index in [0.717, 1.165) is 0 Å². The number of nitrogens with one attached hydrogen (secondary N) is 1. The number of hydrogen-bond acceptors (Lipinski definition) is 4. The zero-order valence-corrected chi connectivity index (χ0v) is 10.7. The lowest BCUT2D eigenvalue weighted by Crippen LogP contribution is -2.39. The molecule has 0 atom stereocenters. The lowest BCUT2D eigenvalue weighted by molar-refractivity contribution is -0.133. The molecule has 0 aromatic carbocycles. The van der Waals surface area contributed by atoms with Crippen LogP contribution in [-0.2, 0) is 9.53 Å². The SMILES string of the molecule is COC(C)(C)C(=O)Nc1cc(C#CCO)ccn1. The maximum Gasteiger partial charge on any atom is 0.257 e. The second kappa shape index (κ2) is 6.15. The summed E-state index contributed by atoms with van der Waals surface area (Å²) in [5.41, 5.74) is -0.251. The minimum atomic E-state index is -0.922. The second-order valence-electron chi connectivity index (χ2n) is 4.06. The molecule has 0 aliphatic rings. The maximum absolute atomic E-state index is 11.8. The van der Waals surface area contributed by atoms with Gasteiger partial charge in [-0.25, -0.2) is 4.98 Å². The highest BCUT2D eigenvalue weighted by molar-refractivity contribution is 5.96. The third-order valence-electron chi connectivity index (χ3n) is 2.37. The van der Waals surface area contributed by atoms with E-state index >= 15 is 0 Å². The van der Waals surface area contributed by atoms with Crippen molar-refractivity contribution in [2.24, 2.45) is 0 Å². The van der Waals surface area contributed by atoms with Crippen molar-refractivity contribution in [3.63, 3.8) is 0 Å². The van der Waals surface area contributed by atoms with Crippen molar-refractivity contribution in [2.45, 2.75) is 19.4 Å². The van der Waals surface area contributed by atoms with Crippen LogP contribution in [0, 0.1) is 11.8 Å². The van der Waals surface area contributed by atoms with Gasteiger partial charge in [-0.1, -0.05) is 11.8 Å². The fourth-order valence-electron chi connectivity index (χ4n) is 1.08. The molecule has 0 fully saturated rings. The van der Waals surface area contributed by atoms with Crippen molar-refractivity contribution in [3.8, 4) is 11.8 Å². The Morgan fingerprint density at radius 2 is 2.33 bits per heavy atom. The first-order valence-electron chi connectivity index (χ1n) is 5.42.